The van der Waals surface area contributed by atoms with Crippen molar-refractivity contribution >= 4 is 11.4 Å². The summed E-state index contributed by atoms with van der Waals surface area (Å²) in [5, 5.41) is 3.17. The summed E-state index contributed by atoms with van der Waals surface area (Å²) in [6, 6.07) is 6.60. The Morgan fingerprint density at radius 3 is 2.78 bits per heavy atom. The molecule has 3 heterocycles. The zero-order valence-corrected chi connectivity index (χ0v) is 13.7. The monoisotopic (exact) mass is 312 g/mol. The van der Waals surface area contributed by atoms with Crippen molar-refractivity contribution in [2.75, 3.05) is 13.6 Å². The molecule has 1 aliphatic heterocycles. The number of hydrogen-bond acceptors (Lipinski definition) is 3. The molecule has 0 bridgehead atoms. The number of nitrogens with zero attached hydrogens (tertiary/aromatic N) is 3. The van der Waals surface area contributed by atoms with E-state index in [0.717, 1.165) is 37.1 Å². The molecular weight excluding hydrogens is 288 g/mol. The summed E-state index contributed by atoms with van der Waals surface area (Å²) < 4.78 is 2.09. The van der Waals surface area contributed by atoms with E-state index in [0.29, 0.717) is 17.8 Å². The van der Waals surface area contributed by atoms with Gasteiger partial charge in [0.15, 0.2) is 5.69 Å². The van der Waals surface area contributed by atoms with Gasteiger partial charge < -0.3 is 9.72 Å². The molecule has 2 aliphatic rings. The van der Waals surface area contributed by atoms with Crippen LogP contribution >= 0.6 is 0 Å². The van der Waals surface area contributed by atoms with E-state index >= 15 is 0 Å². The maximum Gasteiger partial charge on any atom is 0.272 e. The minimum Gasteiger partial charge on any atom is -0.348 e. The molecule has 5 nitrogen and oxygen atoms in total. The maximum absolute atomic E-state index is 12.7. The number of carbonyl (C=O) groups excluding carboxylic acids is 1. The molecule has 2 aromatic rings. The summed E-state index contributed by atoms with van der Waals surface area (Å²) >= 11 is 0. The molecule has 5 heteroatoms. The molecule has 122 valence electrons. The number of likely N-dealkylation sites (tertiary alicyclic amines) is 1. The second kappa shape index (κ2) is 5.96. The summed E-state index contributed by atoms with van der Waals surface area (Å²) in [5.41, 5.74) is 1.49. The van der Waals surface area contributed by atoms with Gasteiger partial charge in [0.1, 0.15) is 5.82 Å². The number of fused-ring (bicyclic) bond motifs is 1. The van der Waals surface area contributed by atoms with E-state index in [1.165, 1.54) is 19.3 Å². The molecule has 1 saturated heterocycles. The van der Waals surface area contributed by atoms with Gasteiger partial charge in [-0.1, -0.05) is 18.9 Å². The lowest BCUT2D eigenvalue weighted by molar-refractivity contribution is 0.0934. The molecule has 0 aromatic carbocycles. The zero-order valence-electron chi connectivity index (χ0n) is 13.7. The van der Waals surface area contributed by atoms with E-state index < -0.39 is 0 Å². The van der Waals surface area contributed by atoms with Crippen LogP contribution in [0.1, 0.15) is 60.9 Å². The Morgan fingerprint density at radius 1 is 1.22 bits per heavy atom. The number of rotatable bonds is 3. The lowest BCUT2D eigenvalue weighted by Crippen LogP contribution is -2.33. The van der Waals surface area contributed by atoms with Crippen molar-refractivity contribution in [2.24, 2.45) is 0 Å². The van der Waals surface area contributed by atoms with Crippen LogP contribution in [0.15, 0.2) is 24.4 Å². The molecule has 2 fully saturated rings. The fraction of sp³-hybridized carbons (Fsp3) is 0.556. The van der Waals surface area contributed by atoms with E-state index in [1.807, 2.05) is 24.4 Å². The highest BCUT2D eigenvalue weighted by molar-refractivity contribution is 5.99. The number of amides is 1. The van der Waals surface area contributed by atoms with Crippen molar-refractivity contribution in [3.63, 3.8) is 0 Å². The van der Waals surface area contributed by atoms with Gasteiger partial charge >= 0.3 is 0 Å². The molecular formula is C18H24N4O. The number of imidazole rings is 1. The Balaban J connectivity index is 1.70. The minimum absolute atomic E-state index is 0.0208. The Labute approximate surface area is 136 Å². The molecule has 0 unspecified atom stereocenters. The van der Waals surface area contributed by atoms with E-state index in [2.05, 4.69) is 21.7 Å². The largest absolute Gasteiger partial charge is 0.348 e. The Morgan fingerprint density at radius 2 is 2.04 bits per heavy atom. The van der Waals surface area contributed by atoms with Crippen molar-refractivity contribution in [2.45, 2.75) is 50.6 Å². The van der Waals surface area contributed by atoms with Crippen LogP contribution in [0.3, 0.4) is 0 Å². The normalized spacial score (nSPS) is 22.9. The van der Waals surface area contributed by atoms with Gasteiger partial charge in [0.25, 0.3) is 5.91 Å². The number of carbonyl (C=O) groups is 1. The summed E-state index contributed by atoms with van der Waals surface area (Å²) in [6.07, 6.45) is 8.93. The third-order valence-electron chi connectivity index (χ3n) is 5.30. The van der Waals surface area contributed by atoms with Crippen molar-refractivity contribution in [3.8, 4) is 0 Å². The molecule has 0 spiro atoms. The number of pyridine rings is 1. The van der Waals surface area contributed by atoms with Crippen molar-refractivity contribution in [1.29, 1.82) is 0 Å². The van der Waals surface area contributed by atoms with Gasteiger partial charge in [-0.2, -0.15) is 0 Å². The first-order valence-corrected chi connectivity index (χ1v) is 8.72. The molecule has 0 radical (unpaired) electrons. The van der Waals surface area contributed by atoms with Crippen LogP contribution in [0.2, 0.25) is 0 Å². The summed E-state index contributed by atoms with van der Waals surface area (Å²) in [6.45, 7) is 1.09. The SMILES string of the molecule is CN1CCC[C@H]1c1nc(C(=O)NC2CCCC2)c2ccccn12. The number of hydrogen-bond donors (Lipinski definition) is 1. The Kier molecular flexibility index (Phi) is 3.81. The van der Waals surface area contributed by atoms with Gasteiger partial charge in [0.2, 0.25) is 0 Å². The molecule has 23 heavy (non-hydrogen) atoms. The van der Waals surface area contributed by atoms with E-state index in [4.69, 9.17) is 4.98 Å². The lowest BCUT2D eigenvalue weighted by Gasteiger charge is -2.17. The predicted molar refractivity (Wildman–Crippen MR) is 89.5 cm³/mol. The molecule has 1 aliphatic carbocycles. The van der Waals surface area contributed by atoms with Crippen LogP contribution in [0.5, 0.6) is 0 Å². The Bertz CT molecular complexity index is 717. The molecule has 4 rings (SSSR count). The zero-order chi connectivity index (χ0) is 15.8. The molecule has 1 amide bonds. The maximum atomic E-state index is 12.7. The van der Waals surface area contributed by atoms with E-state index in [1.54, 1.807) is 0 Å². The highest BCUT2D eigenvalue weighted by atomic mass is 16.2. The molecule has 1 N–H and O–H groups in total. The summed E-state index contributed by atoms with van der Waals surface area (Å²) in [7, 11) is 2.14. The topological polar surface area (TPSA) is 49.6 Å². The van der Waals surface area contributed by atoms with E-state index in [-0.39, 0.29) is 5.91 Å². The molecule has 1 atom stereocenters. The first kappa shape index (κ1) is 14.7. The highest BCUT2D eigenvalue weighted by Crippen LogP contribution is 2.31. The van der Waals surface area contributed by atoms with Gasteiger partial charge in [0, 0.05) is 12.2 Å². The molecule has 1 saturated carbocycles. The first-order valence-electron chi connectivity index (χ1n) is 8.72. The van der Waals surface area contributed by atoms with E-state index in [9.17, 15) is 4.79 Å². The van der Waals surface area contributed by atoms with Gasteiger partial charge in [-0.3, -0.25) is 9.69 Å². The van der Waals surface area contributed by atoms with Crippen molar-refractivity contribution < 1.29 is 4.79 Å². The average Bonchev–Trinajstić information content (AvgIpc) is 3.26. The van der Waals surface area contributed by atoms with Crippen LogP contribution in [-0.2, 0) is 0 Å². The fourth-order valence-corrected chi connectivity index (χ4v) is 4.02. The second-order valence-electron chi connectivity index (χ2n) is 6.87. The third-order valence-corrected chi connectivity index (χ3v) is 5.30. The smallest absolute Gasteiger partial charge is 0.272 e. The van der Waals surface area contributed by atoms with Gasteiger partial charge in [0.05, 0.1) is 11.6 Å². The van der Waals surface area contributed by atoms with Crippen LogP contribution in [-0.4, -0.2) is 39.8 Å². The van der Waals surface area contributed by atoms with Gasteiger partial charge in [-0.05, 0) is 51.4 Å². The van der Waals surface area contributed by atoms with Crippen molar-refractivity contribution in [3.05, 3.63) is 35.9 Å². The average molecular weight is 312 g/mol. The van der Waals surface area contributed by atoms with Crippen LogP contribution in [0, 0.1) is 0 Å². The first-order chi connectivity index (χ1) is 11.2. The predicted octanol–water partition coefficient (Wildman–Crippen LogP) is 2.77. The van der Waals surface area contributed by atoms with Crippen LogP contribution < -0.4 is 5.32 Å². The third kappa shape index (κ3) is 2.63. The summed E-state index contributed by atoms with van der Waals surface area (Å²) in [5.74, 6) is 0.977. The Hall–Kier alpha value is -1.88. The van der Waals surface area contributed by atoms with Crippen LogP contribution in [0.25, 0.3) is 5.52 Å². The lowest BCUT2D eigenvalue weighted by atomic mass is 10.2. The van der Waals surface area contributed by atoms with Crippen LogP contribution in [0.4, 0.5) is 0 Å². The fourth-order valence-electron chi connectivity index (χ4n) is 4.02. The number of nitrogens with one attached hydrogen (secondary N) is 1. The number of aromatic nitrogens is 2. The standard InChI is InChI=1S/C18H24N4O/c1-21-11-6-10-15(21)17-20-16(14-9-4-5-12-22(14)17)18(23)19-13-7-2-3-8-13/h4-5,9,12-13,15H,2-3,6-8,10-11H2,1H3,(H,19,23)/t15-/m0/s1. The highest BCUT2D eigenvalue weighted by Gasteiger charge is 2.29. The van der Waals surface area contributed by atoms with Crippen molar-refractivity contribution in [1.82, 2.24) is 19.6 Å². The van der Waals surface area contributed by atoms with Gasteiger partial charge in [-0.25, -0.2) is 4.98 Å². The minimum atomic E-state index is -0.0208. The second-order valence-corrected chi connectivity index (χ2v) is 6.87. The quantitative estimate of drug-likeness (QED) is 0.948. The summed E-state index contributed by atoms with van der Waals surface area (Å²) in [4.78, 5) is 19.8. The molecule has 2 aromatic heterocycles. The van der Waals surface area contributed by atoms with Gasteiger partial charge in [-0.15, -0.1) is 0 Å².